The van der Waals surface area contributed by atoms with E-state index >= 15 is 0 Å². The predicted molar refractivity (Wildman–Crippen MR) is 95.4 cm³/mol. The number of benzene rings is 2. The van der Waals surface area contributed by atoms with Crippen molar-refractivity contribution in [3.63, 3.8) is 0 Å². The first-order valence-electron chi connectivity index (χ1n) is 7.36. The molecule has 0 saturated carbocycles. The number of carboxylic acid groups (broad SMARTS) is 2. The molecule has 2 aromatic rings. The van der Waals surface area contributed by atoms with Crippen LogP contribution >= 0.6 is 0 Å². The van der Waals surface area contributed by atoms with Crippen molar-refractivity contribution in [3.05, 3.63) is 59.7 Å². The first-order chi connectivity index (χ1) is 11.5. The van der Waals surface area contributed by atoms with Crippen LogP contribution < -0.4 is 0 Å². The van der Waals surface area contributed by atoms with Gasteiger partial charge in [-0.05, 0) is 48.5 Å². The number of quaternary nitrogens is 1. The Hall–Kier alpha value is -2.35. The normalized spacial score (nSPS) is 10.8. The molecule has 0 radical (unpaired) electrons. The molecule has 0 unspecified atom stereocenters. The molecule has 0 amide bonds. The Morgan fingerprint density at radius 1 is 0.760 bits per heavy atom. The highest BCUT2D eigenvalue weighted by Crippen LogP contribution is 2.21. The molecule has 0 saturated heterocycles. The van der Waals surface area contributed by atoms with E-state index in [9.17, 15) is 14.1 Å². The van der Waals surface area contributed by atoms with E-state index < -0.39 is 23.1 Å². The van der Waals surface area contributed by atoms with Crippen LogP contribution in [0.5, 0.6) is 0 Å². The highest BCUT2D eigenvalue weighted by Gasteiger charge is 2.16. The Balaban J connectivity index is 0.000000550. The molecule has 0 aliphatic rings. The third kappa shape index (κ3) is 7.38. The lowest BCUT2D eigenvalue weighted by Crippen LogP contribution is -2.27. The summed E-state index contributed by atoms with van der Waals surface area (Å²) < 4.78 is 13.2. The molecule has 0 fully saturated rings. The maximum absolute atomic E-state index is 12.2. The van der Waals surface area contributed by atoms with E-state index in [0.29, 0.717) is 9.79 Å². The predicted octanol–water partition coefficient (Wildman–Crippen LogP) is 2.57. The number of carbonyl (C=O) groups is 2. The summed E-state index contributed by atoms with van der Waals surface area (Å²) >= 11 is -1.48. The van der Waals surface area contributed by atoms with E-state index in [1.54, 1.807) is 0 Å². The fraction of sp³-hybridized carbons (Fsp3) is 0.222. The zero-order chi connectivity index (χ0) is 19.2. The lowest BCUT2D eigenvalue weighted by Gasteiger charge is -2.14. The lowest BCUT2D eigenvalue weighted by molar-refractivity contribution is -0.849. The van der Waals surface area contributed by atoms with Crippen molar-refractivity contribution < 1.29 is 28.8 Å². The molecule has 0 spiro atoms. The van der Waals surface area contributed by atoms with Crippen LogP contribution in [0.25, 0.3) is 0 Å². The Bertz CT molecular complexity index is 657. The van der Waals surface area contributed by atoms with Crippen molar-refractivity contribution in [2.75, 3.05) is 28.2 Å². The molecule has 6 nitrogen and oxygen atoms in total. The molecule has 7 heteroatoms. The highest BCUT2D eigenvalue weighted by atomic mass is 32.2. The van der Waals surface area contributed by atoms with Gasteiger partial charge in [-0.3, -0.25) is 0 Å². The Morgan fingerprint density at radius 2 is 1.00 bits per heavy atom. The van der Waals surface area contributed by atoms with Crippen molar-refractivity contribution in [3.8, 4) is 0 Å². The van der Waals surface area contributed by atoms with Crippen LogP contribution in [-0.2, 0) is 11.2 Å². The molecular weight excluding hydrogens is 342 g/mol. The van der Waals surface area contributed by atoms with E-state index in [2.05, 4.69) is 28.2 Å². The zero-order valence-electron chi connectivity index (χ0n) is 14.6. The Morgan fingerprint density at radius 3 is 1.20 bits per heavy atom. The summed E-state index contributed by atoms with van der Waals surface area (Å²) in [7, 11) is 8.50. The smallest absolute Gasteiger partial charge is 0.335 e. The molecule has 0 atom stereocenters. The van der Waals surface area contributed by atoms with Crippen molar-refractivity contribution >= 4 is 23.1 Å². The molecule has 2 rings (SSSR count). The van der Waals surface area contributed by atoms with Gasteiger partial charge in [-0.15, -0.1) is 0 Å². The minimum atomic E-state index is -1.48. The van der Waals surface area contributed by atoms with Gasteiger partial charge < -0.3 is 19.2 Å². The standard InChI is InChI=1S/C14H10O5S.C4H12N/c15-13(16)9-1-5-11(6-2-9)20(19)12-7-3-10(4-8-12)14(17)18;1-5(2,3)4/h1-8H,(H,15,16)(H,17,18);1-4H3/q;+1. The van der Waals surface area contributed by atoms with E-state index in [-0.39, 0.29) is 11.1 Å². The molecule has 25 heavy (non-hydrogen) atoms. The van der Waals surface area contributed by atoms with E-state index in [4.69, 9.17) is 10.2 Å². The van der Waals surface area contributed by atoms with Gasteiger partial charge in [-0.2, -0.15) is 0 Å². The second kappa shape index (κ2) is 8.66. The van der Waals surface area contributed by atoms with Crippen molar-refractivity contribution in [1.29, 1.82) is 0 Å². The van der Waals surface area contributed by atoms with Crippen LogP contribution in [0.1, 0.15) is 20.7 Å². The highest BCUT2D eigenvalue weighted by molar-refractivity contribution is 7.91. The lowest BCUT2D eigenvalue weighted by atomic mass is 10.2. The average Bonchev–Trinajstić information content (AvgIpc) is 2.53. The molecule has 2 N–H and O–H groups in total. The van der Waals surface area contributed by atoms with E-state index in [0.717, 1.165) is 4.48 Å². The summed E-state index contributed by atoms with van der Waals surface area (Å²) in [6.45, 7) is 0. The van der Waals surface area contributed by atoms with Gasteiger partial charge >= 0.3 is 11.9 Å². The molecule has 0 aromatic heterocycles. The van der Waals surface area contributed by atoms with Gasteiger partial charge in [-0.25, -0.2) is 9.59 Å². The molecule has 0 heterocycles. The van der Waals surface area contributed by atoms with Gasteiger partial charge in [0, 0.05) is 11.2 Å². The van der Waals surface area contributed by atoms with Crippen LogP contribution in [0.3, 0.4) is 0 Å². The first kappa shape index (κ1) is 20.7. The van der Waals surface area contributed by atoms with Crippen molar-refractivity contribution in [2.24, 2.45) is 0 Å². The zero-order valence-corrected chi connectivity index (χ0v) is 15.4. The van der Waals surface area contributed by atoms with Gasteiger partial charge in [0.1, 0.15) is 0 Å². The summed E-state index contributed by atoms with van der Waals surface area (Å²) in [6, 6.07) is 11.4. The van der Waals surface area contributed by atoms with Crippen LogP contribution in [-0.4, -0.2) is 59.4 Å². The fourth-order valence-electron chi connectivity index (χ4n) is 1.58. The molecule has 0 aliphatic heterocycles. The number of rotatable bonds is 4. The van der Waals surface area contributed by atoms with E-state index in [1.165, 1.54) is 48.5 Å². The monoisotopic (exact) mass is 364 g/mol. The SMILES string of the molecule is C[N+](C)(C)C.O=C(O)c1ccc([S+]([O-])c2ccc(C(=O)O)cc2)cc1. The summed E-state index contributed by atoms with van der Waals surface area (Å²) in [5.74, 6) is -2.10. The molecule has 0 bridgehead atoms. The molecular formula is C18H22NO5S+. The second-order valence-corrected chi connectivity index (χ2v) is 8.09. The van der Waals surface area contributed by atoms with Crippen LogP contribution in [0.15, 0.2) is 58.3 Å². The largest absolute Gasteiger partial charge is 0.606 e. The van der Waals surface area contributed by atoms with Gasteiger partial charge in [0.05, 0.1) is 39.3 Å². The number of nitrogens with zero attached hydrogens (tertiary/aromatic N) is 1. The minimum absolute atomic E-state index is 0.118. The van der Waals surface area contributed by atoms with E-state index in [1.807, 2.05) is 0 Å². The maximum atomic E-state index is 12.2. The Labute approximate surface area is 150 Å². The molecule has 0 aliphatic carbocycles. The van der Waals surface area contributed by atoms with Crippen LogP contribution in [0.2, 0.25) is 0 Å². The molecule has 2 aromatic carbocycles. The third-order valence-electron chi connectivity index (χ3n) is 2.63. The topological polar surface area (TPSA) is 97.7 Å². The second-order valence-electron chi connectivity index (χ2n) is 6.61. The average molecular weight is 364 g/mol. The summed E-state index contributed by atoms with van der Waals surface area (Å²) in [5, 5.41) is 17.6. The number of aromatic carboxylic acids is 2. The summed E-state index contributed by atoms with van der Waals surface area (Å²) in [4.78, 5) is 22.4. The van der Waals surface area contributed by atoms with Gasteiger partial charge in [0.25, 0.3) is 0 Å². The molecule has 134 valence electrons. The Kier molecular flexibility index (Phi) is 7.17. The van der Waals surface area contributed by atoms with Crippen LogP contribution in [0.4, 0.5) is 0 Å². The van der Waals surface area contributed by atoms with Crippen molar-refractivity contribution in [2.45, 2.75) is 9.79 Å². The fourth-order valence-corrected chi connectivity index (χ4v) is 2.62. The number of carboxylic acids is 2. The number of hydrogen-bond donors (Lipinski definition) is 2. The number of hydrogen-bond acceptors (Lipinski definition) is 3. The minimum Gasteiger partial charge on any atom is -0.606 e. The third-order valence-corrected chi connectivity index (χ3v) is 4.03. The maximum Gasteiger partial charge on any atom is 0.335 e. The van der Waals surface area contributed by atoms with Gasteiger partial charge in [0.2, 0.25) is 0 Å². The van der Waals surface area contributed by atoms with Crippen molar-refractivity contribution in [1.82, 2.24) is 0 Å². The van der Waals surface area contributed by atoms with Gasteiger partial charge in [-0.1, -0.05) is 0 Å². The van der Waals surface area contributed by atoms with Crippen LogP contribution in [0, 0.1) is 0 Å². The van der Waals surface area contributed by atoms with Gasteiger partial charge in [0.15, 0.2) is 9.79 Å². The summed E-state index contributed by atoms with van der Waals surface area (Å²) in [6.07, 6.45) is 0. The quantitative estimate of drug-likeness (QED) is 0.642. The first-order valence-corrected chi connectivity index (χ1v) is 8.51. The summed E-state index contributed by atoms with van der Waals surface area (Å²) in [5.41, 5.74) is 0.235.